The summed E-state index contributed by atoms with van der Waals surface area (Å²) in [6.07, 6.45) is 0. The average molecular weight is 339 g/mol. The Morgan fingerprint density at radius 1 is 1.28 bits per heavy atom. The number of carbonyl (C=O) groups excluding carboxylic acids is 2. The van der Waals surface area contributed by atoms with Crippen LogP contribution in [-0.4, -0.2) is 23.1 Å². The summed E-state index contributed by atoms with van der Waals surface area (Å²) in [7, 11) is 0. The molecule has 0 bridgehead atoms. The topological polar surface area (TPSA) is 84.1 Å². The Kier molecular flexibility index (Phi) is 5.60. The molecule has 1 aromatic heterocycles. The van der Waals surface area contributed by atoms with Gasteiger partial charge in [0, 0.05) is 17.4 Å². The number of aromatic nitrogens is 1. The van der Waals surface area contributed by atoms with E-state index in [2.05, 4.69) is 5.32 Å². The zero-order valence-corrected chi connectivity index (χ0v) is 14.8. The molecule has 0 saturated carbocycles. The Morgan fingerprint density at radius 2 is 1.96 bits per heavy atom. The molecule has 6 nitrogen and oxygen atoms in total. The summed E-state index contributed by atoms with van der Waals surface area (Å²) in [5.74, 6) is -1.03. The number of nitrogens with one attached hydrogen (secondary N) is 1. The van der Waals surface area contributed by atoms with Gasteiger partial charge in [0.2, 0.25) is 0 Å². The van der Waals surface area contributed by atoms with Crippen molar-refractivity contribution in [3.63, 3.8) is 0 Å². The molecule has 0 aliphatic rings. The van der Waals surface area contributed by atoms with Gasteiger partial charge in [-0.05, 0) is 45.9 Å². The standard InChI is InChI=1S/C19H21N3O3/c1-12(2)22-13(3)9-16(14(22)4)19(24)25-11-18(23)21-17-8-6-5-7-15(17)10-20/h5-9,12H,11H2,1-4H3,(H,21,23). The molecule has 0 atom stereocenters. The first-order chi connectivity index (χ1) is 11.8. The maximum absolute atomic E-state index is 12.3. The number of hydrogen-bond donors (Lipinski definition) is 1. The third-order valence-corrected chi connectivity index (χ3v) is 3.88. The third kappa shape index (κ3) is 4.07. The molecule has 6 heteroatoms. The van der Waals surface area contributed by atoms with Crippen LogP contribution >= 0.6 is 0 Å². The van der Waals surface area contributed by atoms with E-state index in [1.54, 1.807) is 30.3 Å². The highest BCUT2D eigenvalue weighted by atomic mass is 16.5. The summed E-state index contributed by atoms with van der Waals surface area (Å²) in [5.41, 5.74) is 2.97. The first kappa shape index (κ1) is 18.3. The fourth-order valence-electron chi connectivity index (χ4n) is 2.86. The van der Waals surface area contributed by atoms with Crippen molar-refractivity contribution >= 4 is 17.6 Å². The molecule has 1 heterocycles. The second kappa shape index (κ2) is 7.67. The van der Waals surface area contributed by atoms with Crippen LogP contribution < -0.4 is 5.32 Å². The van der Waals surface area contributed by atoms with Crippen LogP contribution in [0.15, 0.2) is 30.3 Å². The lowest BCUT2D eigenvalue weighted by Crippen LogP contribution is -2.21. The van der Waals surface area contributed by atoms with Crippen molar-refractivity contribution in [2.24, 2.45) is 0 Å². The number of benzene rings is 1. The van der Waals surface area contributed by atoms with Crippen LogP contribution in [0.2, 0.25) is 0 Å². The third-order valence-electron chi connectivity index (χ3n) is 3.88. The van der Waals surface area contributed by atoms with Crippen LogP contribution in [0.1, 0.15) is 47.2 Å². The van der Waals surface area contributed by atoms with Crippen LogP contribution in [0.4, 0.5) is 5.69 Å². The van der Waals surface area contributed by atoms with Crippen LogP contribution in [0.25, 0.3) is 0 Å². The van der Waals surface area contributed by atoms with Gasteiger partial charge < -0.3 is 14.6 Å². The van der Waals surface area contributed by atoms with E-state index in [-0.39, 0.29) is 6.04 Å². The Labute approximate surface area is 147 Å². The van der Waals surface area contributed by atoms with Crippen LogP contribution in [0.3, 0.4) is 0 Å². The lowest BCUT2D eigenvalue weighted by atomic mass is 10.2. The van der Waals surface area contributed by atoms with Crippen molar-refractivity contribution < 1.29 is 14.3 Å². The summed E-state index contributed by atoms with van der Waals surface area (Å²) < 4.78 is 7.16. The van der Waals surface area contributed by atoms with Crippen LogP contribution in [0, 0.1) is 25.2 Å². The van der Waals surface area contributed by atoms with Gasteiger partial charge in [-0.2, -0.15) is 5.26 Å². The Morgan fingerprint density at radius 3 is 2.56 bits per heavy atom. The van der Waals surface area contributed by atoms with Crippen molar-refractivity contribution in [1.29, 1.82) is 5.26 Å². The molecule has 1 aromatic carbocycles. The normalized spacial score (nSPS) is 10.4. The molecule has 0 aliphatic carbocycles. The summed E-state index contributed by atoms with van der Waals surface area (Å²) in [6, 6.07) is 10.6. The van der Waals surface area contributed by atoms with Crippen molar-refractivity contribution in [2.45, 2.75) is 33.7 Å². The highest BCUT2D eigenvalue weighted by Gasteiger charge is 2.19. The molecule has 0 spiro atoms. The molecule has 0 radical (unpaired) electrons. The molecular weight excluding hydrogens is 318 g/mol. The second-order valence-electron chi connectivity index (χ2n) is 6.03. The fraction of sp³-hybridized carbons (Fsp3) is 0.316. The minimum atomic E-state index is -0.538. The van der Waals surface area contributed by atoms with Gasteiger partial charge in [0.1, 0.15) is 6.07 Å². The van der Waals surface area contributed by atoms with E-state index < -0.39 is 18.5 Å². The van der Waals surface area contributed by atoms with Gasteiger partial charge in [-0.1, -0.05) is 12.1 Å². The lowest BCUT2D eigenvalue weighted by molar-refractivity contribution is -0.119. The number of anilines is 1. The van der Waals surface area contributed by atoms with E-state index in [1.807, 2.05) is 38.3 Å². The number of hydrogen-bond acceptors (Lipinski definition) is 4. The number of aryl methyl sites for hydroxylation is 1. The smallest absolute Gasteiger partial charge is 0.340 e. The minimum Gasteiger partial charge on any atom is -0.452 e. The van der Waals surface area contributed by atoms with E-state index in [1.165, 1.54) is 0 Å². The van der Waals surface area contributed by atoms with E-state index >= 15 is 0 Å². The average Bonchev–Trinajstić information content (AvgIpc) is 2.87. The monoisotopic (exact) mass is 339 g/mol. The van der Waals surface area contributed by atoms with Gasteiger partial charge in [-0.15, -0.1) is 0 Å². The SMILES string of the molecule is Cc1cc(C(=O)OCC(=O)Nc2ccccc2C#N)c(C)n1C(C)C. The predicted octanol–water partition coefficient (Wildman–Crippen LogP) is 3.35. The molecule has 0 aliphatic heterocycles. The van der Waals surface area contributed by atoms with Crippen LogP contribution in [-0.2, 0) is 9.53 Å². The minimum absolute atomic E-state index is 0.229. The van der Waals surface area contributed by atoms with Crippen molar-refractivity contribution in [2.75, 3.05) is 11.9 Å². The van der Waals surface area contributed by atoms with Crippen molar-refractivity contribution in [3.8, 4) is 6.07 Å². The first-order valence-electron chi connectivity index (χ1n) is 7.99. The molecule has 1 amide bonds. The highest BCUT2D eigenvalue weighted by molar-refractivity contribution is 5.96. The lowest BCUT2D eigenvalue weighted by Gasteiger charge is -2.13. The number of amides is 1. The maximum Gasteiger partial charge on any atom is 0.340 e. The molecular formula is C19H21N3O3. The molecule has 2 aromatic rings. The molecule has 2 rings (SSSR count). The summed E-state index contributed by atoms with van der Waals surface area (Å²) >= 11 is 0. The highest BCUT2D eigenvalue weighted by Crippen LogP contribution is 2.21. The van der Waals surface area contributed by atoms with E-state index in [0.717, 1.165) is 11.4 Å². The molecule has 0 fully saturated rings. The van der Waals surface area contributed by atoms with Gasteiger partial charge in [0.05, 0.1) is 16.8 Å². The van der Waals surface area contributed by atoms with Crippen LogP contribution in [0.5, 0.6) is 0 Å². The Bertz CT molecular complexity index is 844. The second-order valence-corrected chi connectivity index (χ2v) is 6.03. The predicted molar refractivity (Wildman–Crippen MR) is 94.4 cm³/mol. The summed E-state index contributed by atoms with van der Waals surface area (Å²) in [5, 5.41) is 11.6. The van der Waals surface area contributed by atoms with Gasteiger partial charge in [-0.25, -0.2) is 4.79 Å². The number of nitriles is 1. The van der Waals surface area contributed by atoms with Crippen molar-refractivity contribution in [1.82, 2.24) is 4.57 Å². The number of carbonyl (C=O) groups is 2. The largest absolute Gasteiger partial charge is 0.452 e. The van der Waals surface area contributed by atoms with Gasteiger partial charge in [0.25, 0.3) is 5.91 Å². The molecule has 0 unspecified atom stereocenters. The number of nitrogens with zero attached hydrogens (tertiary/aromatic N) is 2. The summed E-state index contributed by atoms with van der Waals surface area (Å²) in [4.78, 5) is 24.2. The molecule has 130 valence electrons. The molecule has 1 N–H and O–H groups in total. The number of para-hydroxylation sites is 1. The van der Waals surface area contributed by atoms with Gasteiger partial charge in [0.15, 0.2) is 6.61 Å². The molecule has 25 heavy (non-hydrogen) atoms. The fourth-order valence-corrected chi connectivity index (χ4v) is 2.86. The number of ether oxygens (including phenoxy) is 1. The van der Waals surface area contributed by atoms with E-state index in [4.69, 9.17) is 10.00 Å². The summed E-state index contributed by atoms with van der Waals surface area (Å²) in [6.45, 7) is 7.44. The Hall–Kier alpha value is -3.07. The van der Waals surface area contributed by atoms with Gasteiger partial charge >= 0.3 is 5.97 Å². The Balaban J connectivity index is 2.02. The van der Waals surface area contributed by atoms with Crippen molar-refractivity contribution in [3.05, 3.63) is 52.8 Å². The number of esters is 1. The number of rotatable bonds is 5. The first-order valence-corrected chi connectivity index (χ1v) is 7.99. The quantitative estimate of drug-likeness (QED) is 0.847. The zero-order chi connectivity index (χ0) is 18.6. The van der Waals surface area contributed by atoms with E-state index in [0.29, 0.717) is 16.8 Å². The van der Waals surface area contributed by atoms with Gasteiger partial charge in [-0.3, -0.25) is 4.79 Å². The maximum atomic E-state index is 12.3. The molecule has 0 saturated heterocycles. The zero-order valence-electron chi connectivity index (χ0n) is 14.8. The van der Waals surface area contributed by atoms with E-state index in [9.17, 15) is 9.59 Å².